The first-order valence-corrected chi connectivity index (χ1v) is 9.79. The lowest BCUT2D eigenvalue weighted by Gasteiger charge is -2.12. The van der Waals surface area contributed by atoms with E-state index in [0.717, 1.165) is 12.0 Å². The summed E-state index contributed by atoms with van der Waals surface area (Å²) in [7, 11) is -3.75. The van der Waals surface area contributed by atoms with Crippen LogP contribution in [0.5, 0.6) is 0 Å². The molecule has 1 amide bonds. The number of benzene rings is 2. The number of aryl methyl sites for hydroxylation is 1. The largest absolute Gasteiger partial charge is 0.350 e. The molecule has 25 heavy (non-hydrogen) atoms. The van der Waals surface area contributed by atoms with Crippen LogP contribution < -0.4 is 10.0 Å². The zero-order chi connectivity index (χ0) is 18.6. The maximum Gasteiger partial charge on any atom is 0.261 e. The molecule has 0 bridgehead atoms. The second-order valence-corrected chi connectivity index (χ2v) is 7.97. The van der Waals surface area contributed by atoms with Crippen LogP contribution in [0.25, 0.3) is 0 Å². The van der Waals surface area contributed by atoms with Crippen LogP contribution in [-0.4, -0.2) is 20.4 Å². The number of nitrogens with one attached hydrogen (secondary N) is 2. The predicted molar refractivity (Wildman–Crippen MR) is 101 cm³/mol. The highest BCUT2D eigenvalue weighted by atomic mass is 35.5. The molecule has 2 aromatic rings. The molecule has 0 aliphatic heterocycles. The van der Waals surface area contributed by atoms with Crippen LogP contribution in [0, 0.1) is 6.92 Å². The Morgan fingerprint density at radius 2 is 1.80 bits per heavy atom. The van der Waals surface area contributed by atoms with E-state index in [-0.39, 0.29) is 16.8 Å². The predicted octanol–water partition coefficient (Wildman–Crippen LogP) is 3.98. The van der Waals surface area contributed by atoms with Crippen LogP contribution in [0.1, 0.15) is 36.2 Å². The first-order valence-electron chi connectivity index (χ1n) is 7.93. The Morgan fingerprint density at radius 3 is 2.36 bits per heavy atom. The molecule has 0 aliphatic rings. The molecule has 0 spiro atoms. The fourth-order valence-corrected chi connectivity index (χ4v) is 3.30. The summed E-state index contributed by atoms with van der Waals surface area (Å²) in [5.74, 6) is -0.225. The van der Waals surface area contributed by atoms with Crippen molar-refractivity contribution in [3.63, 3.8) is 0 Å². The van der Waals surface area contributed by atoms with Crippen molar-refractivity contribution < 1.29 is 13.2 Å². The Hall–Kier alpha value is -2.05. The molecule has 0 aliphatic carbocycles. The average molecular weight is 381 g/mol. The minimum absolute atomic E-state index is 0.0591. The number of carbonyl (C=O) groups excluding carboxylic acids is 1. The Morgan fingerprint density at radius 1 is 1.16 bits per heavy atom. The van der Waals surface area contributed by atoms with Gasteiger partial charge in [-0.25, -0.2) is 8.42 Å². The van der Waals surface area contributed by atoms with Gasteiger partial charge in [-0.1, -0.05) is 24.6 Å². The molecule has 2 rings (SSSR count). The fraction of sp³-hybridized carbons (Fsp3) is 0.278. The highest BCUT2D eigenvalue weighted by Crippen LogP contribution is 2.22. The van der Waals surface area contributed by atoms with Crippen molar-refractivity contribution in [3.8, 4) is 0 Å². The molecule has 2 aromatic carbocycles. The number of carbonyl (C=O) groups is 1. The van der Waals surface area contributed by atoms with Crippen LogP contribution in [-0.2, 0) is 10.0 Å². The molecule has 0 saturated carbocycles. The second kappa shape index (κ2) is 7.89. The van der Waals surface area contributed by atoms with E-state index in [1.54, 1.807) is 18.2 Å². The quantitative estimate of drug-likeness (QED) is 0.795. The van der Waals surface area contributed by atoms with Crippen LogP contribution in [0.15, 0.2) is 47.4 Å². The van der Waals surface area contributed by atoms with Gasteiger partial charge in [0.25, 0.3) is 15.9 Å². The van der Waals surface area contributed by atoms with Gasteiger partial charge in [0.05, 0.1) is 10.6 Å². The van der Waals surface area contributed by atoms with Gasteiger partial charge in [0, 0.05) is 16.6 Å². The van der Waals surface area contributed by atoms with Gasteiger partial charge in [0.1, 0.15) is 0 Å². The van der Waals surface area contributed by atoms with Gasteiger partial charge in [-0.05, 0) is 62.2 Å². The van der Waals surface area contributed by atoms with E-state index in [9.17, 15) is 13.2 Å². The molecule has 1 unspecified atom stereocenters. The van der Waals surface area contributed by atoms with E-state index in [0.29, 0.717) is 16.3 Å². The van der Waals surface area contributed by atoms with Gasteiger partial charge in [-0.2, -0.15) is 0 Å². The van der Waals surface area contributed by atoms with E-state index in [1.807, 2.05) is 20.8 Å². The third kappa shape index (κ3) is 4.96. The number of hydrogen-bond acceptors (Lipinski definition) is 3. The van der Waals surface area contributed by atoms with E-state index >= 15 is 0 Å². The third-order valence-corrected chi connectivity index (χ3v) is 5.65. The smallest absolute Gasteiger partial charge is 0.261 e. The van der Waals surface area contributed by atoms with Crippen LogP contribution in [0.3, 0.4) is 0 Å². The Kier molecular flexibility index (Phi) is 6.08. The van der Waals surface area contributed by atoms with Crippen molar-refractivity contribution in [3.05, 3.63) is 58.6 Å². The van der Waals surface area contributed by atoms with Gasteiger partial charge >= 0.3 is 0 Å². The topological polar surface area (TPSA) is 75.3 Å². The van der Waals surface area contributed by atoms with Gasteiger partial charge in [0.2, 0.25) is 0 Å². The van der Waals surface area contributed by atoms with Crippen molar-refractivity contribution in [1.82, 2.24) is 5.32 Å². The summed E-state index contributed by atoms with van der Waals surface area (Å²) in [6, 6.07) is 10.8. The lowest BCUT2D eigenvalue weighted by Crippen LogP contribution is -2.31. The molecule has 5 nitrogen and oxygen atoms in total. The summed E-state index contributed by atoms with van der Waals surface area (Å²) in [6.07, 6.45) is 0.821. The van der Waals surface area contributed by atoms with Crippen LogP contribution >= 0.6 is 11.6 Å². The number of hydrogen-bond donors (Lipinski definition) is 2. The molecule has 134 valence electrons. The average Bonchev–Trinajstić information content (AvgIpc) is 2.58. The molecule has 1 atom stereocenters. The van der Waals surface area contributed by atoms with Gasteiger partial charge in [-0.15, -0.1) is 0 Å². The second-order valence-electron chi connectivity index (χ2n) is 5.88. The highest BCUT2D eigenvalue weighted by Gasteiger charge is 2.16. The Bertz CT molecular complexity index is 864. The highest BCUT2D eigenvalue weighted by molar-refractivity contribution is 7.92. The van der Waals surface area contributed by atoms with E-state index in [2.05, 4.69) is 10.0 Å². The summed E-state index contributed by atoms with van der Waals surface area (Å²) >= 11 is 6.02. The summed E-state index contributed by atoms with van der Waals surface area (Å²) in [5, 5.41) is 3.32. The van der Waals surface area contributed by atoms with E-state index in [1.165, 1.54) is 24.3 Å². The summed E-state index contributed by atoms with van der Waals surface area (Å²) in [4.78, 5) is 12.1. The SMILES string of the molecule is CCC(C)NC(=O)c1ccc(S(=O)(=O)Nc2ccc(C)c(Cl)c2)cc1. The van der Waals surface area contributed by atoms with Gasteiger partial charge in [-0.3, -0.25) is 9.52 Å². The number of sulfonamides is 1. The Labute approximate surface area is 153 Å². The Balaban J connectivity index is 2.17. The molecule has 0 aromatic heterocycles. The summed E-state index contributed by atoms with van der Waals surface area (Å²) in [6.45, 7) is 5.72. The number of halogens is 1. The minimum Gasteiger partial charge on any atom is -0.350 e. The molecular weight excluding hydrogens is 360 g/mol. The molecule has 0 radical (unpaired) electrons. The first kappa shape index (κ1) is 19.3. The lowest BCUT2D eigenvalue weighted by molar-refractivity contribution is 0.0939. The summed E-state index contributed by atoms with van der Waals surface area (Å²) < 4.78 is 27.4. The van der Waals surface area contributed by atoms with E-state index in [4.69, 9.17) is 11.6 Å². The molecule has 0 saturated heterocycles. The zero-order valence-corrected chi connectivity index (χ0v) is 15.9. The lowest BCUT2D eigenvalue weighted by atomic mass is 10.2. The first-order chi connectivity index (χ1) is 11.7. The van der Waals surface area contributed by atoms with Crippen molar-refractivity contribution in [2.75, 3.05) is 4.72 Å². The normalized spacial score (nSPS) is 12.5. The van der Waals surface area contributed by atoms with Gasteiger partial charge < -0.3 is 5.32 Å². The van der Waals surface area contributed by atoms with Crippen LogP contribution in [0.4, 0.5) is 5.69 Å². The minimum atomic E-state index is -3.75. The molecule has 7 heteroatoms. The molecular formula is C18H21ClN2O3S. The van der Waals surface area contributed by atoms with Gasteiger partial charge in [0.15, 0.2) is 0 Å². The molecule has 0 heterocycles. The number of amides is 1. The fourth-order valence-electron chi connectivity index (χ4n) is 2.07. The van der Waals surface area contributed by atoms with E-state index < -0.39 is 10.0 Å². The van der Waals surface area contributed by atoms with Crippen molar-refractivity contribution in [1.29, 1.82) is 0 Å². The van der Waals surface area contributed by atoms with Crippen molar-refractivity contribution in [2.24, 2.45) is 0 Å². The maximum atomic E-state index is 12.4. The van der Waals surface area contributed by atoms with Crippen molar-refractivity contribution >= 4 is 33.2 Å². The van der Waals surface area contributed by atoms with Crippen LogP contribution in [0.2, 0.25) is 5.02 Å². The monoisotopic (exact) mass is 380 g/mol. The number of rotatable bonds is 6. The summed E-state index contributed by atoms with van der Waals surface area (Å²) in [5.41, 5.74) is 1.66. The zero-order valence-electron chi connectivity index (χ0n) is 14.3. The maximum absolute atomic E-state index is 12.4. The third-order valence-electron chi connectivity index (χ3n) is 3.84. The molecule has 2 N–H and O–H groups in total. The molecule has 0 fully saturated rings. The standard InChI is InChI=1S/C18H21ClN2O3S/c1-4-13(3)20-18(22)14-6-9-16(10-7-14)25(23,24)21-15-8-5-12(2)17(19)11-15/h5-11,13,21H,4H2,1-3H3,(H,20,22). The number of anilines is 1. The van der Waals surface area contributed by atoms with Crippen molar-refractivity contribution in [2.45, 2.75) is 38.1 Å².